The van der Waals surface area contributed by atoms with Crippen molar-refractivity contribution in [3.05, 3.63) is 28.2 Å². The molecule has 0 aromatic heterocycles. The van der Waals surface area contributed by atoms with Gasteiger partial charge in [-0.1, -0.05) is 37.0 Å². The Hall–Kier alpha value is -1.39. The van der Waals surface area contributed by atoms with E-state index in [0.29, 0.717) is 41.8 Å². The van der Waals surface area contributed by atoms with Crippen molar-refractivity contribution in [1.29, 1.82) is 0 Å². The maximum Gasteiger partial charge on any atom is 0.225 e. The maximum absolute atomic E-state index is 12.0. The van der Waals surface area contributed by atoms with Crippen LogP contribution in [0.25, 0.3) is 0 Å². The molecule has 0 radical (unpaired) electrons. The van der Waals surface area contributed by atoms with Crippen LogP contribution in [0.1, 0.15) is 46.0 Å². The van der Waals surface area contributed by atoms with Crippen molar-refractivity contribution >= 4 is 72.9 Å². The molecule has 0 saturated heterocycles. The fraction of sp³-hybridized carbons (Fsp3) is 0.474. The summed E-state index contributed by atoms with van der Waals surface area (Å²) in [6, 6.07) is 5.25. The summed E-state index contributed by atoms with van der Waals surface area (Å²) < 4.78 is -0.0469. The molecule has 0 unspecified atom stereocenters. The Bertz CT molecular complexity index is 759. The SMILES string of the molecule is CC.O=C(I)CCC(=O)NCCCC(=O)NC1=NN(c2ccc(Cl)c(Cl)c2)CC1. The molecular formula is C19H25Cl2IN4O3. The van der Waals surface area contributed by atoms with Gasteiger partial charge in [-0.05, 0) is 47.2 Å². The van der Waals surface area contributed by atoms with E-state index in [1.54, 1.807) is 39.7 Å². The number of nitrogens with zero attached hydrogens (tertiary/aromatic N) is 2. The lowest BCUT2D eigenvalue weighted by Gasteiger charge is -2.13. The van der Waals surface area contributed by atoms with Crippen LogP contribution >= 0.6 is 45.8 Å². The third-order valence-corrected chi connectivity index (χ3v) is 5.02. The highest BCUT2D eigenvalue weighted by Gasteiger charge is 2.18. The summed E-state index contributed by atoms with van der Waals surface area (Å²) in [5, 5.41) is 12.5. The Morgan fingerprint density at radius 2 is 1.83 bits per heavy atom. The minimum absolute atomic E-state index is 0.0469. The first-order valence-corrected chi connectivity index (χ1v) is 11.2. The molecular weight excluding hydrogens is 530 g/mol. The summed E-state index contributed by atoms with van der Waals surface area (Å²) in [6.45, 7) is 5.03. The second-order valence-corrected chi connectivity index (χ2v) is 7.89. The second-order valence-electron chi connectivity index (χ2n) is 5.88. The van der Waals surface area contributed by atoms with E-state index in [4.69, 9.17) is 23.2 Å². The van der Waals surface area contributed by atoms with Gasteiger partial charge in [-0.15, -0.1) is 0 Å². The van der Waals surface area contributed by atoms with Crippen molar-refractivity contribution < 1.29 is 14.4 Å². The van der Waals surface area contributed by atoms with Crippen molar-refractivity contribution in [3.63, 3.8) is 0 Å². The third kappa shape index (κ3) is 9.77. The Labute approximate surface area is 194 Å². The molecule has 0 fully saturated rings. The summed E-state index contributed by atoms with van der Waals surface area (Å²) in [7, 11) is 0. The topological polar surface area (TPSA) is 90.9 Å². The predicted molar refractivity (Wildman–Crippen MR) is 126 cm³/mol. The largest absolute Gasteiger partial charge is 0.356 e. The van der Waals surface area contributed by atoms with Crippen LogP contribution < -0.4 is 15.6 Å². The predicted octanol–water partition coefficient (Wildman–Crippen LogP) is 4.30. The number of carbonyl (C=O) groups excluding carboxylic acids is 3. The molecule has 29 heavy (non-hydrogen) atoms. The second kappa shape index (κ2) is 13.8. The zero-order valence-electron chi connectivity index (χ0n) is 16.4. The van der Waals surface area contributed by atoms with E-state index >= 15 is 0 Å². The fourth-order valence-electron chi connectivity index (χ4n) is 2.38. The van der Waals surface area contributed by atoms with Gasteiger partial charge in [0.1, 0.15) is 5.84 Å². The highest BCUT2D eigenvalue weighted by Crippen LogP contribution is 2.28. The van der Waals surface area contributed by atoms with Crippen molar-refractivity contribution in [2.24, 2.45) is 5.10 Å². The molecule has 1 heterocycles. The van der Waals surface area contributed by atoms with Gasteiger partial charge in [0.2, 0.25) is 11.8 Å². The molecule has 1 aromatic rings. The monoisotopic (exact) mass is 554 g/mol. The molecule has 0 spiro atoms. The average molecular weight is 555 g/mol. The summed E-state index contributed by atoms with van der Waals surface area (Å²) >= 11 is 13.6. The lowest BCUT2D eigenvalue weighted by atomic mass is 10.2. The molecule has 160 valence electrons. The Balaban J connectivity index is 0.00000204. The molecule has 0 atom stereocenters. The number of anilines is 1. The maximum atomic E-state index is 12.0. The quantitative estimate of drug-likeness (QED) is 0.285. The molecule has 0 aliphatic carbocycles. The van der Waals surface area contributed by atoms with Gasteiger partial charge in [-0.25, -0.2) is 0 Å². The van der Waals surface area contributed by atoms with Crippen LogP contribution in [0.15, 0.2) is 23.3 Å². The van der Waals surface area contributed by atoms with Gasteiger partial charge in [-0.3, -0.25) is 19.4 Å². The van der Waals surface area contributed by atoms with Crippen LogP contribution in [0.2, 0.25) is 10.0 Å². The number of amidine groups is 1. The number of halogens is 3. The van der Waals surface area contributed by atoms with E-state index in [1.807, 2.05) is 19.9 Å². The molecule has 10 heteroatoms. The molecule has 1 aliphatic rings. The number of nitrogens with one attached hydrogen (secondary N) is 2. The Kier molecular flexibility index (Phi) is 12.2. The highest BCUT2D eigenvalue weighted by atomic mass is 127. The van der Waals surface area contributed by atoms with E-state index in [9.17, 15) is 14.4 Å². The minimum atomic E-state index is -0.183. The molecule has 2 amide bonds. The highest BCUT2D eigenvalue weighted by molar-refractivity contribution is 14.1. The molecule has 7 nitrogen and oxygen atoms in total. The van der Waals surface area contributed by atoms with Gasteiger partial charge < -0.3 is 10.6 Å². The standard InChI is InChI=1S/C17H19Cl2IN4O3.C2H6/c18-12-4-3-11(10-13(12)19)24-9-7-15(23-24)22-17(27)2-1-8-21-16(26)6-5-14(20)25;1-2/h3-4,10H,1-2,5-9H2,(H,21,26)(H,22,23,27);1-2H3. The van der Waals surface area contributed by atoms with E-state index in [2.05, 4.69) is 15.7 Å². The first-order valence-electron chi connectivity index (χ1n) is 9.40. The third-order valence-electron chi connectivity index (χ3n) is 3.74. The summed E-state index contributed by atoms with van der Waals surface area (Å²) in [5.41, 5.74) is 0.807. The number of hydrazone groups is 1. The van der Waals surface area contributed by atoms with Gasteiger partial charge in [0.25, 0.3) is 0 Å². The van der Waals surface area contributed by atoms with Crippen LogP contribution in [0.4, 0.5) is 5.69 Å². The lowest BCUT2D eigenvalue weighted by Crippen LogP contribution is -2.30. The van der Waals surface area contributed by atoms with Crippen molar-refractivity contribution in [1.82, 2.24) is 10.6 Å². The molecule has 1 aromatic carbocycles. The molecule has 0 saturated carbocycles. The first kappa shape index (κ1) is 25.6. The Morgan fingerprint density at radius 3 is 2.48 bits per heavy atom. The van der Waals surface area contributed by atoms with Crippen LogP contribution in [0.3, 0.4) is 0 Å². The lowest BCUT2D eigenvalue weighted by molar-refractivity contribution is -0.123. The zero-order chi connectivity index (χ0) is 21.8. The molecule has 1 aliphatic heterocycles. The van der Waals surface area contributed by atoms with Gasteiger partial charge >= 0.3 is 0 Å². The number of carbonyl (C=O) groups is 3. The van der Waals surface area contributed by atoms with E-state index in [1.165, 1.54) is 0 Å². The molecule has 2 rings (SSSR count). The number of hydrogen-bond donors (Lipinski definition) is 2. The van der Waals surface area contributed by atoms with Gasteiger partial charge in [0.05, 0.1) is 15.7 Å². The smallest absolute Gasteiger partial charge is 0.225 e. The van der Waals surface area contributed by atoms with E-state index in [-0.39, 0.29) is 34.9 Å². The normalized spacial score (nSPS) is 12.6. The van der Waals surface area contributed by atoms with Crippen molar-refractivity contribution in [2.45, 2.75) is 46.0 Å². The number of amides is 2. The van der Waals surface area contributed by atoms with E-state index < -0.39 is 0 Å². The minimum Gasteiger partial charge on any atom is -0.356 e. The number of benzene rings is 1. The number of hydrogen-bond acceptors (Lipinski definition) is 5. The molecule has 2 N–H and O–H groups in total. The average Bonchev–Trinajstić information content (AvgIpc) is 3.15. The van der Waals surface area contributed by atoms with Gasteiger partial charge in [0, 0.05) is 38.8 Å². The van der Waals surface area contributed by atoms with Crippen LogP contribution in [-0.4, -0.2) is 34.5 Å². The van der Waals surface area contributed by atoms with Crippen molar-refractivity contribution in [3.8, 4) is 0 Å². The van der Waals surface area contributed by atoms with Gasteiger partial charge in [-0.2, -0.15) is 5.10 Å². The van der Waals surface area contributed by atoms with Gasteiger partial charge in [0.15, 0.2) is 3.79 Å². The number of rotatable bonds is 8. The summed E-state index contributed by atoms with van der Waals surface area (Å²) in [6.07, 6.45) is 1.81. The fourth-order valence-corrected chi connectivity index (χ4v) is 2.94. The summed E-state index contributed by atoms with van der Waals surface area (Å²) in [4.78, 5) is 34.3. The zero-order valence-corrected chi connectivity index (χ0v) is 20.1. The molecule has 0 bridgehead atoms. The van der Waals surface area contributed by atoms with Crippen LogP contribution in [0, 0.1) is 0 Å². The Morgan fingerprint density at radius 1 is 1.10 bits per heavy atom. The summed E-state index contributed by atoms with van der Waals surface area (Å²) in [5.74, 6) is 0.259. The van der Waals surface area contributed by atoms with Crippen molar-refractivity contribution in [2.75, 3.05) is 18.1 Å². The van der Waals surface area contributed by atoms with E-state index in [0.717, 1.165) is 5.69 Å². The van der Waals surface area contributed by atoms with Crippen LogP contribution in [0.5, 0.6) is 0 Å². The van der Waals surface area contributed by atoms with Crippen LogP contribution in [-0.2, 0) is 14.4 Å². The first-order chi connectivity index (χ1) is 13.8.